The average Bonchev–Trinajstić information content (AvgIpc) is 2.19. The highest BCUT2D eigenvalue weighted by Gasteiger charge is 2.02. The van der Waals surface area contributed by atoms with E-state index in [4.69, 9.17) is 10.3 Å². The highest BCUT2D eigenvalue weighted by Crippen LogP contribution is 2.09. The van der Waals surface area contributed by atoms with Crippen LogP contribution in [-0.2, 0) is 16.5 Å². The topological polar surface area (TPSA) is 92.4 Å². The largest absolute Gasteiger partial charge is 0.384 e. The van der Waals surface area contributed by atoms with Crippen LogP contribution in [0.2, 0.25) is 0 Å². The fourth-order valence-corrected chi connectivity index (χ4v) is 1.64. The number of rotatable bonds is 6. The van der Waals surface area contributed by atoms with Gasteiger partial charge in [0.25, 0.3) is 10.1 Å². The molecule has 5 nitrogen and oxygen atoms in total. The Bertz CT molecular complexity index is 414. The Morgan fingerprint density at radius 1 is 1.25 bits per heavy atom. The Kier molecular flexibility index (Phi) is 4.72. The first-order valence-electron chi connectivity index (χ1n) is 4.99. The van der Waals surface area contributed by atoms with E-state index in [2.05, 4.69) is 5.32 Å². The molecule has 0 atom stereocenters. The van der Waals surface area contributed by atoms with E-state index >= 15 is 0 Å². The van der Waals surface area contributed by atoms with Gasteiger partial charge in [-0.25, -0.2) is 0 Å². The third-order valence-corrected chi connectivity index (χ3v) is 2.80. The Morgan fingerprint density at radius 2 is 1.88 bits per heavy atom. The summed E-state index contributed by atoms with van der Waals surface area (Å²) in [6, 6.07) is 7.58. The van der Waals surface area contributed by atoms with Gasteiger partial charge in [0, 0.05) is 12.2 Å². The monoisotopic (exact) mass is 244 g/mol. The first-order chi connectivity index (χ1) is 7.51. The molecule has 0 unspecified atom stereocenters. The normalized spacial score (nSPS) is 11.4. The molecule has 0 aliphatic rings. The average molecular weight is 244 g/mol. The number of nitrogens with two attached hydrogens (primary N) is 1. The first-order valence-corrected chi connectivity index (χ1v) is 6.60. The minimum Gasteiger partial charge on any atom is -0.384 e. The Hall–Kier alpha value is -1.11. The zero-order chi connectivity index (χ0) is 12.0. The summed E-state index contributed by atoms with van der Waals surface area (Å²) in [5, 5.41) is 2.90. The minimum absolute atomic E-state index is 0.190. The van der Waals surface area contributed by atoms with Crippen molar-refractivity contribution in [3.8, 4) is 0 Å². The molecular weight excluding hydrogens is 228 g/mol. The Morgan fingerprint density at radius 3 is 2.38 bits per heavy atom. The number of nitrogens with one attached hydrogen (secondary N) is 1. The zero-order valence-electron chi connectivity index (χ0n) is 8.89. The van der Waals surface area contributed by atoms with E-state index in [1.807, 2.05) is 24.3 Å². The van der Waals surface area contributed by atoms with Crippen molar-refractivity contribution in [2.45, 2.75) is 6.42 Å². The standard InChI is InChI=1S/C10H16N2O3S/c11-6-5-9-1-3-10(4-2-9)12-7-8-16(13,14)15/h1-4,12H,5-8,11H2,(H,13,14,15). The van der Waals surface area contributed by atoms with Crippen molar-refractivity contribution in [3.63, 3.8) is 0 Å². The molecule has 0 saturated heterocycles. The highest BCUT2D eigenvalue weighted by molar-refractivity contribution is 7.85. The molecule has 16 heavy (non-hydrogen) atoms. The van der Waals surface area contributed by atoms with Gasteiger partial charge >= 0.3 is 0 Å². The van der Waals surface area contributed by atoms with E-state index in [1.165, 1.54) is 0 Å². The minimum atomic E-state index is -3.89. The second-order valence-electron chi connectivity index (χ2n) is 3.45. The van der Waals surface area contributed by atoms with Crippen molar-refractivity contribution in [2.75, 3.05) is 24.2 Å². The Labute approximate surface area is 95.4 Å². The smallest absolute Gasteiger partial charge is 0.266 e. The van der Waals surface area contributed by atoms with Crippen LogP contribution in [0.25, 0.3) is 0 Å². The van der Waals surface area contributed by atoms with Crippen LogP contribution in [0.3, 0.4) is 0 Å². The predicted octanol–water partition coefficient (Wildman–Crippen LogP) is 0.487. The molecule has 0 amide bonds. The van der Waals surface area contributed by atoms with Gasteiger partial charge in [0.1, 0.15) is 0 Å². The molecule has 90 valence electrons. The third kappa shape index (κ3) is 5.11. The quantitative estimate of drug-likeness (QED) is 0.633. The summed E-state index contributed by atoms with van der Waals surface area (Å²) < 4.78 is 29.5. The summed E-state index contributed by atoms with van der Waals surface area (Å²) in [5.74, 6) is -0.294. The number of hydrogen-bond donors (Lipinski definition) is 3. The first kappa shape index (κ1) is 13.0. The molecule has 0 fully saturated rings. The SMILES string of the molecule is NCCc1ccc(NCCS(=O)(=O)O)cc1. The molecule has 1 rings (SSSR count). The van der Waals surface area contributed by atoms with E-state index in [-0.39, 0.29) is 12.3 Å². The molecule has 0 aromatic heterocycles. The molecule has 1 aromatic carbocycles. The molecule has 0 spiro atoms. The van der Waals surface area contributed by atoms with Crippen LogP contribution in [0, 0.1) is 0 Å². The Balaban J connectivity index is 2.43. The van der Waals surface area contributed by atoms with Crippen molar-refractivity contribution < 1.29 is 13.0 Å². The van der Waals surface area contributed by atoms with Crippen LogP contribution in [0.1, 0.15) is 5.56 Å². The van der Waals surface area contributed by atoms with Gasteiger partial charge in [-0.15, -0.1) is 0 Å². The van der Waals surface area contributed by atoms with Gasteiger partial charge in [-0.1, -0.05) is 12.1 Å². The fraction of sp³-hybridized carbons (Fsp3) is 0.400. The summed E-state index contributed by atoms with van der Waals surface area (Å²) in [7, 11) is -3.89. The molecule has 0 aliphatic heterocycles. The van der Waals surface area contributed by atoms with Crippen LogP contribution in [0.4, 0.5) is 5.69 Å². The summed E-state index contributed by atoms with van der Waals surface area (Å²) in [6.45, 7) is 0.796. The second kappa shape index (κ2) is 5.83. The predicted molar refractivity (Wildman–Crippen MR) is 64.1 cm³/mol. The maximum atomic E-state index is 10.5. The molecule has 1 aromatic rings. The molecule has 0 radical (unpaired) electrons. The fourth-order valence-electron chi connectivity index (χ4n) is 1.28. The van der Waals surface area contributed by atoms with Crippen LogP contribution < -0.4 is 11.1 Å². The van der Waals surface area contributed by atoms with Crippen LogP contribution in [-0.4, -0.2) is 31.8 Å². The molecule has 0 aliphatic carbocycles. The number of hydrogen-bond acceptors (Lipinski definition) is 4. The lowest BCUT2D eigenvalue weighted by molar-refractivity contribution is 0.484. The van der Waals surface area contributed by atoms with Gasteiger partial charge in [-0.05, 0) is 30.7 Å². The lowest BCUT2D eigenvalue weighted by atomic mass is 10.1. The molecule has 0 heterocycles. The summed E-state index contributed by atoms with van der Waals surface area (Å²) in [6.07, 6.45) is 0.825. The zero-order valence-corrected chi connectivity index (χ0v) is 9.70. The number of benzene rings is 1. The molecule has 4 N–H and O–H groups in total. The summed E-state index contributed by atoms with van der Waals surface area (Å²) >= 11 is 0. The number of anilines is 1. The van der Waals surface area contributed by atoms with Gasteiger partial charge < -0.3 is 11.1 Å². The van der Waals surface area contributed by atoms with Crippen molar-refractivity contribution in [2.24, 2.45) is 5.73 Å². The van der Waals surface area contributed by atoms with Gasteiger partial charge in [0.2, 0.25) is 0 Å². The summed E-state index contributed by atoms with van der Waals surface area (Å²) in [4.78, 5) is 0. The lowest BCUT2D eigenvalue weighted by Gasteiger charge is -2.06. The van der Waals surface area contributed by atoms with Gasteiger partial charge in [0.05, 0.1) is 5.75 Å². The van der Waals surface area contributed by atoms with E-state index in [0.717, 1.165) is 17.7 Å². The molecule has 6 heteroatoms. The van der Waals surface area contributed by atoms with Crippen LogP contribution in [0.5, 0.6) is 0 Å². The highest BCUT2D eigenvalue weighted by atomic mass is 32.2. The molecule has 0 bridgehead atoms. The van der Waals surface area contributed by atoms with E-state index in [1.54, 1.807) is 0 Å². The van der Waals surface area contributed by atoms with Crippen molar-refractivity contribution in [3.05, 3.63) is 29.8 Å². The maximum absolute atomic E-state index is 10.5. The molecule has 0 saturated carbocycles. The van der Waals surface area contributed by atoms with Crippen molar-refractivity contribution in [1.29, 1.82) is 0 Å². The maximum Gasteiger partial charge on any atom is 0.266 e. The van der Waals surface area contributed by atoms with Crippen molar-refractivity contribution in [1.82, 2.24) is 0 Å². The third-order valence-electron chi connectivity index (χ3n) is 2.08. The van der Waals surface area contributed by atoms with Gasteiger partial charge in [-0.3, -0.25) is 4.55 Å². The van der Waals surface area contributed by atoms with Crippen molar-refractivity contribution >= 4 is 15.8 Å². The second-order valence-corrected chi connectivity index (χ2v) is 5.02. The summed E-state index contributed by atoms with van der Waals surface area (Å²) in [5.41, 5.74) is 7.38. The molecular formula is C10H16N2O3S. The van der Waals surface area contributed by atoms with E-state index in [9.17, 15) is 8.42 Å². The van der Waals surface area contributed by atoms with E-state index < -0.39 is 10.1 Å². The lowest BCUT2D eigenvalue weighted by Crippen LogP contribution is -2.14. The van der Waals surface area contributed by atoms with Crippen LogP contribution >= 0.6 is 0 Å². The van der Waals surface area contributed by atoms with Crippen LogP contribution in [0.15, 0.2) is 24.3 Å². The van der Waals surface area contributed by atoms with E-state index in [0.29, 0.717) is 6.54 Å². The van der Waals surface area contributed by atoms with Gasteiger partial charge in [-0.2, -0.15) is 8.42 Å². The van der Waals surface area contributed by atoms with Gasteiger partial charge in [0.15, 0.2) is 0 Å².